The molecule has 1 heterocycles. The minimum Gasteiger partial charge on any atom is -0.383 e. The summed E-state index contributed by atoms with van der Waals surface area (Å²) in [4.78, 5) is 4.11. The first-order chi connectivity index (χ1) is 7.18. The lowest BCUT2D eigenvalue weighted by molar-refractivity contribution is 1.31. The number of hydrogen-bond donors (Lipinski definition) is 1. The number of rotatable bonds is 0. The summed E-state index contributed by atoms with van der Waals surface area (Å²) in [5, 5.41) is 2.35. The van der Waals surface area contributed by atoms with Gasteiger partial charge in [-0.15, -0.1) is 0 Å². The topological polar surface area (TPSA) is 38.9 Å². The number of pyridine rings is 1. The van der Waals surface area contributed by atoms with Gasteiger partial charge in [-0.2, -0.15) is 0 Å². The second-order valence-corrected chi connectivity index (χ2v) is 3.36. The highest BCUT2D eigenvalue weighted by atomic mass is 14.8. The van der Waals surface area contributed by atoms with Gasteiger partial charge in [-0.3, -0.25) is 0 Å². The van der Waals surface area contributed by atoms with E-state index in [0.717, 1.165) is 10.9 Å². The molecule has 0 radical (unpaired) electrons. The van der Waals surface area contributed by atoms with Crippen molar-refractivity contribution in [3.05, 3.63) is 35.5 Å². The molecule has 0 saturated heterocycles. The van der Waals surface area contributed by atoms with Gasteiger partial charge in [-0.1, -0.05) is 37.6 Å². The fourth-order valence-corrected chi connectivity index (χ4v) is 1.48. The lowest BCUT2D eigenvalue weighted by Crippen LogP contribution is -1.94. The maximum absolute atomic E-state index is 5.72. The molecule has 2 N–H and O–H groups in total. The third-order valence-corrected chi connectivity index (χ3v) is 2.34. The monoisotopic (exact) mass is 202 g/mol. The Balaban J connectivity index is 0.000000531. The minimum absolute atomic E-state index is 0.623. The van der Waals surface area contributed by atoms with Crippen molar-refractivity contribution in [2.24, 2.45) is 0 Å². The van der Waals surface area contributed by atoms with Crippen LogP contribution in [0.5, 0.6) is 0 Å². The van der Waals surface area contributed by atoms with Gasteiger partial charge in [0.05, 0.1) is 0 Å². The highest BCUT2D eigenvalue weighted by molar-refractivity contribution is 5.88. The third-order valence-electron chi connectivity index (χ3n) is 2.34. The van der Waals surface area contributed by atoms with Gasteiger partial charge >= 0.3 is 0 Å². The Morgan fingerprint density at radius 3 is 2.47 bits per heavy atom. The maximum atomic E-state index is 5.72. The number of nitrogen functional groups attached to an aromatic ring is 1. The molecule has 0 unspecified atom stereocenters. The van der Waals surface area contributed by atoms with Crippen molar-refractivity contribution in [1.29, 1.82) is 0 Å². The fraction of sp³-hybridized carbons (Fsp3) is 0.308. The van der Waals surface area contributed by atoms with E-state index in [4.69, 9.17) is 5.73 Å². The molecule has 0 amide bonds. The number of aromatic nitrogens is 1. The first kappa shape index (κ1) is 11.5. The molecule has 1 aromatic heterocycles. The van der Waals surface area contributed by atoms with Crippen molar-refractivity contribution < 1.29 is 0 Å². The van der Waals surface area contributed by atoms with E-state index in [1.165, 1.54) is 10.9 Å². The summed E-state index contributed by atoms with van der Waals surface area (Å²) in [6.07, 6.45) is 1.82. The Kier molecular flexibility index (Phi) is 3.67. The molecule has 0 atom stereocenters. The Labute approximate surface area is 91.1 Å². The average Bonchev–Trinajstić information content (AvgIpc) is 2.27. The van der Waals surface area contributed by atoms with Gasteiger partial charge in [0, 0.05) is 11.6 Å². The van der Waals surface area contributed by atoms with Crippen LogP contribution < -0.4 is 5.73 Å². The summed E-state index contributed by atoms with van der Waals surface area (Å²) < 4.78 is 0. The van der Waals surface area contributed by atoms with Crippen molar-refractivity contribution in [3.63, 3.8) is 0 Å². The molecular weight excluding hydrogens is 184 g/mol. The number of nitrogens with zero attached hydrogens (tertiary/aromatic N) is 1. The Morgan fingerprint density at radius 2 is 1.80 bits per heavy atom. The van der Waals surface area contributed by atoms with E-state index in [9.17, 15) is 0 Å². The molecule has 0 aliphatic carbocycles. The smallest absolute Gasteiger partial charge is 0.126 e. The molecule has 0 saturated carbocycles. The van der Waals surface area contributed by atoms with Crippen LogP contribution in [0.4, 0.5) is 5.82 Å². The molecule has 1 aromatic carbocycles. The van der Waals surface area contributed by atoms with Crippen molar-refractivity contribution in [3.8, 4) is 0 Å². The number of hydrogen-bond acceptors (Lipinski definition) is 2. The Bertz CT molecular complexity index is 456. The summed E-state index contributed by atoms with van der Waals surface area (Å²) in [6.45, 7) is 8.08. The minimum atomic E-state index is 0.623. The van der Waals surface area contributed by atoms with Crippen molar-refractivity contribution >= 4 is 16.6 Å². The van der Waals surface area contributed by atoms with Crippen LogP contribution in [0.15, 0.2) is 24.4 Å². The molecule has 0 spiro atoms. The molecule has 2 heteroatoms. The number of benzene rings is 1. The predicted molar refractivity (Wildman–Crippen MR) is 67.0 cm³/mol. The first-order valence-electron chi connectivity index (χ1n) is 5.30. The van der Waals surface area contributed by atoms with Crippen LogP contribution in [0.25, 0.3) is 10.8 Å². The highest BCUT2D eigenvalue weighted by Gasteiger charge is 2.01. The molecule has 2 aromatic rings. The molecular formula is C13H18N2. The van der Waals surface area contributed by atoms with Crippen LogP contribution in [0, 0.1) is 13.8 Å². The summed E-state index contributed by atoms with van der Waals surface area (Å²) in [5.74, 6) is 0.623. The van der Waals surface area contributed by atoms with Crippen LogP contribution in [0.1, 0.15) is 25.0 Å². The van der Waals surface area contributed by atoms with Crippen LogP contribution in [-0.2, 0) is 0 Å². The van der Waals surface area contributed by atoms with E-state index < -0.39 is 0 Å². The largest absolute Gasteiger partial charge is 0.383 e. The van der Waals surface area contributed by atoms with E-state index in [0.29, 0.717) is 5.82 Å². The van der Waals surface area contributed by atoms with Crippen molar-refractivity contribution in [2.45, 2.75) is 27.7 Å². The van der Waals surface area contributed by atoms with Crippen LogP contribution in [-0.4, -0.2) is 4.98 Å². The first-order valence-corrected chi connectivity index (χ1v) is 5.30. The van der Waals surface area contributed by atoms with Crippen molar-refractivity contribution in [2.75, 3.05) is 5.73 Å². The van der Waals surface area contributed by atoms with Gasteiger partial charge in [0.2, 0.25) is 0 Å². The normalized spacial score (nSPS) is 9.60. The molecule has 2 nitrogen and oxygen atoms in total. The van der Waals surface area contributed by atoms with E-state index in [2.05, 4.69) is 30.1 Å². The molecule has 2 rings (SSSR count). The fourth-order valence-electron chi connectivity index (χ4n) is 1.48. The summed E-state index contributed by atoms with van der Waals surface area (Å²) in [6, 6.07) is 6.30. The molecule has 15 heavy (non-hydrogen) atoms. The molecule has 0 aliphatic rings. The van der Waals surface area contributed by atoms with Crippen molar-refractivity contribution in [1.82, 2.24) is 4.98 Å². The third kappa shape index (κ3) is 2.27. The van der Waals surface area contributed by atoms with E-state index >= 15 is 0 Å². The van der Waals surface area contributed by atoms with Gasteiger partial charge in [0.15, 0.2) is 0 Å². The summed E-state index contributed by atoms with van der Waals surface area (Å²) in [7, 11) is 0. The molecule has 0 aliphatic heterocycles. The number of aryl methyl sites for hydroxylation is 2. The Hall–Kier alpha value is -1.57. The van der Waals surface area contributed by atoms with Gasteiger partial charge in [0.25, 0.3) is 0 Å². The van der Waals surface area contributed by atoms with E-state index in [-0.39, 0.29) is 0 Å². The Morgan fingerprint density at radius 1 is 1.13 bits per heavy atom. The lowest BCUT2D eigenvalue weighted by atomic mass is 10.1. The van der Waals surface area contributed by atoms with Crippen LogP contribution in [0.3, 0.4) is 0 Å². The average molecular weight is 202 g/mol. The predicted octanol–water partition coefficient (Wildman–Crippen LogP) is 3.46. The van der Waals surface area contributed by atoms with Gasteiger partial charge < -0.3 is 5.73 Å². The molecule has 80 valence electrons. The molecule has 0 bridgehead atoms. The van der Waals surface area contributed by atoms with Crippen LogP contribution in [0.2, 0.25) is 0 Å². The second kappa shape index (κ2) is 4.78. The van der Waals surface area contributed by atoms with Crippen LogP contribution >= 0.6 is 0 Å². The summed E-state index contributed by atoms with van der Waals surface area (Å²) in [5.41, 5.74) is 8.05. The number of anilines is 1. The molecule has 0 fully saturated rings. The van der Waals surface area contributed by atoms with E-state index in [1.807, 2.05) is 27.0 Å². The zero-order chi connectivity index (χ0) is 11.4. The number of fused-ring (bicyclic) bond motifs is 1. The quantitative estimate of drug-likeness (QED) is 0.710. The number of nitrogens with two attached hydrogens (primary N) is 1. The van der Waals surface area contributed by atoms with Gasteiger partial charge in [0.1, 0.15) is 5.82 Å². The standard InChI is InChI=1S/C11H12N2.C2H6/c1-7-3-4-9-6-13-11(12)8(2)10(9)5-7;1-2/h3-6H,1-2H3,(H2,12,13);1-2H3. The zero-order valence-electron chi connectivity index (χ0n) is 9.83. The van der Waals surface area contributed by atoms with Gasteiger partial charge in [-0.25, -0.2) is 4.98 Å². The van der Waals surface area contributed by atoms with E-state index in [1.54, 1.807) is 0 Å². The van der Waals surface area contributed by atoms with Gasteiger partial charge in [-0.05, 0) is 24.8 Å². The lowest BCUT2D eigenvalue weighted by Gasteiger charge is -2.04. The maximum Gasteiger partial charge on any atom is 0.126 e. The highest BCUT2D eigenvalue weighted by Crippen LogP contribution is 2.21. The second-order valence-electron chi connectivity index (χ2n) is 3.36. The zero-order valence-corrected chi connectivity index (χ0v) is 9.83. The summed E-state index contributed by atoms with van der Waals surface area (Å²) >= 11 is 0. The SMILES string of the molecule is CC.Cc1ccc2cnc(N)c(C)c2c1.